The van der Waals surface area contributed by atoms with Crippen molar-refractivity contribution in [1.29, 1.82) is 0 Å². The van der Waals surface area contributed by atoms with E-state index in [2.05, 4.69) is 15.3 Å². The number of carbonyl (C=O) groups is 1. The quantitative estimate of drug-likeness (QED) is 0.586. The summed E-state index contributed by atoms with van der Waals surface area (Å²) < 4.78 is 27.0. The van der Waals surface area contributed by atoms with Gasteiger partial charge in [-0.25, -0.2) is 18.7 Å². The summed E-state index contributed by atoms with van der Waals surface area (Å²) in [5.74, 6) is -1.96. The predicted octanol–water partition coefficient (Wildman–Crippen LogP) is 2.04. The molecule has 1 unspecified atom stereocenters. The zero-order chi connectivity index (χ0) is 16.3. The number of anilines is 3. The van der Waals surface area contributed by atoms with E-state index in [9.17, 15) is 13.6 Å². The maximum atomic E-state index is 13.5. The highest BCUT2D eigenvalue weighted by atomic mass is 32.2. The lowest BCUT2D eigenvalue weighted by Crippen LogP contribution is -2.24. The first-order valence-corrected chi connectivity index (χ1v) is 7.06. The van der Waals surface area contributed by atoms with Gasteiger partial charge < -0.3 is 16.8 Å². The molecule has 0 aliphatic heterocycles. The highest BCUT2D eigenvalue weighted by Crippen LogP contribution is 2.24. The number of halogens is 2. The number of amides is 1. The summed E-state index contributed by atoms with van der Waals surface area (Å²) in [7, 11) is 0. The Labute approximate surface area is 129 Å². The number of hydrogen-bond donors (Lipinski definition) is 3. The fraction of sp³-hybridized carbons (Fsp3) is 0.154. The average molecular weight is 325 g/mol. The minimum Gasteiger partial charge on any atom is -0.383 e. The van der Waals surface area contributed by atoms with Gasteiger partial charge in [-0.2, -0.15) is 0 Å². The molecule has 6 nitrogen and oxygen atoms in total. The Hall–Kier alpha value is -2.42. The van der Waals surface area contributed by atoms with Crippen LogP contribution in [0.5, 0.6) is 0 Å². The lowest BCUT2D eigenvalue weighted by molar-refractivity contribution is -0.115. The number of rotatable bonds is 4. The third-order valence-corrected chi connectivity index (χ3v) is 3.57. The van der Waals surface area contributed by atoms with Crippen LogP contribution in [0, 0.1) is 11.6 Å². The fourth-order valence-electron chi connectivity index (χ4n) is 1.57. The van der Waals surface area contributed by atoms with Crippen LogP contribution in [0.4, 0.5) is 26.1 Å². The van der Waals surface area contributed by atoms with E-state index in [-0.39, 0.29) is 16.8 Å². The maximum absolute atomic E-state index is 13.5. The summed E-state index contributed by atoms with van der Waals surface area (Å²) in [6.45, 7) is 1.54. The van der Waals surface area contributed by atoms with Gasteiger partial charge in [0.1, 0.15) is 29.0 Å². The first-order chi connectivity index (χ1) is 10.4. The van der Waals surface area contributed by atoms with Gasteiger partial charge >= 0.3 is 0 Å². The molecule has 1 atom stereocenters. The predicted molar refractivity (Wildman–Crippen MR) is 81.2 cm³/mol. The highest BCUT2D eigenvalue weighted by molar-refractivity contribution is 8.00. The van der Waals surface area contributed by atoms with Gasteiger partial charge in [-0.1, -0.05) is 17.8 Å². The second-order valence-electron chi connectivity index (χ2n) is 4.35. The van der Waals surface area contributed by atoms with Crippen LogP contribution < -0.4 is 16.8 Å². The second kappa shape index (κ2) is 6.56. The van der Waals surface area contributed by atoms with E-state index >= 15 is 0 Å². The number of nitrogens with zero attached hydrogens (tertiary/aromatic N) is 2. The van der Waals surface area contributed by atoms with Gasteiger partial charge in [-0.15, -0.1) is 0 Å². The van der Waals surface area contributed by atoms with Gasteiger partial charge in [0.05, 0.1) is 5.25 Å². The van der Waals surface area contributed by atoms with Gasteiger partial charge in [0.25, 0.3) is 0 Å². The molecule has 0 aliphatic carbocycles. The number of hydrogen-bond acceptors (Lipinski definition) is 6. The summed E-state index contributed by atoms with van der Waals surface area (Å²) in [5, 5.41) is 1.69. The molecule has 9 heteroatoms. The molecule has 0 bridgehead atoms. The van der Waals surface area contributed by atoms with Crippen molar-refractivity contribution < 1.29 is 13.6 Å². The molecule has 0 radical (unpaired) electrons. The van der Waals surface area contributed by atoms with Crippen molar-refractivity contribution in [3.63, 3.8) is 0 Å². The molecule has 0 saturated carbocycles. The van der Waals surface area contributed by atoms with Crippen molar-refractivity contribution in [2.75, 3.05) is 16.8 Å². The number of benzene rings is 1. The Morgan fingerprint density at radius 1 is 1.23 bits per heavy atom. The van der Waals surface area contributed by atoms with Crippen molar-refractivity contribution in [2.24, 2.45) is 0 Å². The van der Waals surface area contributed by atoms with E-state index in [0.717, 1.165) is 23.9 Å². The molecule has 1 aromatic heterocycles. The zero-order valence-corrected chi connectivity index (χ0v) is 12.3. The SMILES string of the molecule is CC(Sc1nc(N)cc(N)n1)C(=O)Nc1c(F)cccc1F. The van der Waals surface area contributed by atoms with Crippen molar-refractivity contribution in [3.8, 4) is 0 Å². The van der Waals surface area contributed by atoms with Gasteiger partial charge in [0.2, 0.25) is 5.91 Å². The number of thioether (sulfide) groups is 1. The Kier molecular flexibility index (Phi) is 4.76. The molecule has 0 aliphatic rings. The lowest BCUT2D eigenvalue weighted by Gasteiger charge is -2.12. The number of nitrogens with two attached hydrogens (primary N) is 2. The van der Waals surface area contributed by atoms with Gasteiger partial charge in [0, 0.05) is 6.07 Å². The van der Waals surface area contributed by atoms with Crippen LogP contribution in [-0.2, 0) is 4.79 Å². The molecule has 1 aromatic carbocycles. The molecule has 0 spiro atoms. The number of para-hydroxylation sites is 1. The van der Waals surface area contributed by atoms with Crippen LogP contribution in [0.25, 0.3) is 0 Å². The molecule has 5 N–H and O–H groups in total. The van der Waals surface area contributed by atoms with Crippen LogP contribution >= 0.6 is 11.8 Å². The average Bonchev–Trinajstić information content (AvgIpc) is 2.41. The standard InChI is InChI=1S/C13H13F2N5OS/c1-6(22-13-18-9(16)5-10(17)19-13)12(21)20-11-7(14)3-2-4-8(11)15/h2-6H,1H3,(H,20,21)(H4,16,17,18,19). The number of nitrogen functional groups attached to an aromatic ring is 2. The van der Waals surface area contributed by atoms with Gasteiger partial charge in [-0.3, -0.25) is 4.79 Å². The second-order valence-corrected chi connectivity index (χ2v) is 5.65. The minimum absolute atomic E-state index is 0.169. The molecule has 116 valence electrons. The summed E-state index contributed by atoms with van der Waals surface area (Å²) in [6, 6.07) is 4.70. The van der Waals surface area contributed by atoms with Gasteiger partial charge in [-0.05, 0) is 19.1 Å². The van der Waals surface area contributed by atoms with Crippen molar-refractivity contribution in [1.82, 2.24) is 9.97 Å². The third kappa shape index (κ3) is 3.82. The van der Waals surface area contributed by atoms with Crippen LogP contribution in [0.1, 0.15) is 6.92 Å². The Balaban J connectivity index is 2.09. The van der Waals surface area contributed by atoms with E-state index in [4.69, 9.17) is 11.5 Å². The first kappa shape index (κ1) is 16.0. The van der Waals surface area contributed by atoms with Crippen LogP contribution in [0.3, 0.4) is 0 Å². The largest absolute Gasteiger partial charge is 0.383 e. The molecular formula is C13H13F2N5OS. The van der Waals surface area contributed by atoms with E-state index in [1.165, 1.54) is 12.1 Å². The topological polar surface area (TPSA) is 107 Å². The summed E-state index contributed by atoms with van der Waals surface area (Å²) in [4.78, 5) is 19.8. The molecule has 1 heterocycles. The number of carbonyl (C=O) groups excluding carboxylic acids is 1. The van der Waals surface area contributed by atoms with Crippen molar-refractivity contribution >= 4 is 35.0 Å². The molecule has 2 aromatic rings. The zero-order valence-electron chi connectivity index (χ0n) is 11.5. The van der Waals surface area contributed by atoms with Crippen LogP contribution in [-0.4, -0.2) is 21.1 Å². The maximum Gasteiger partial charge on any atom is 0.237 e. The Morgan fingerprint density at radius 2 is 1.77 bits per heavy atom. The fourth-order valence-corrected chi connectivity index (χ4v) is 2.37. The summed E-state index contributed by atoms with van der Waals surface area (Å²) in [5.41, 5.74) is 10.6. The Bertz CT molecular complexity index is 672. The third-order valence-electron chi connectivity index (χ3n) is 2.61. The molecule has 2 rings (SSSR count). The molecule has 1 amide bonds. The van der Waals surface area contributed by atoms with E-state index in [1.807, 2.05) is 0 Å². The van der Waals surface area contributed by atoms with Crippen molar-refractivity contribution in [3.05, 3.63) is 35.9 Å². The lowest BCUT2D eigenvalue weighted by atomic mass is 10.3. The van der Waals surface area contributed by atoms with Crippen LogP contribution in [0.15, 0.2) is 29.4 Å². The minimum atomic E-state index is -0.852. The number of nitrogens with one attached hydrogen (secondary N) is 1. The van der Waals surface area contributed by atoms with Gasteiger partial charge in [0.15, 0.2) is 5.16 Å². The van der Waals surface area contributed by atoms with E-state index < -0.39 is 28.5 Å². The molecule has 0 fully saturated rings. The van der Waals surface area contributed by atoms with E-state index in [0.29, 0.717) is 0 Å². The molecule has 0 saturated heterocycles. The molecular weight excluding hydrogens is 312 g/mol. The van der Waals surface area contributed by atoms with Crippen molar-refractivity contribution in [2.45, 2.75) is 17.3 Å². The normalized spacial score (nSPS) is 12.0. The monoisotopic (exact) mass is 325 g/mol. The number of aromatic nitrogens is 2. The Morgan fingerprint density at radius 3 is 2.32 bits per heavy atom. The highest BCUT2D eigenvalue weighted by Gasteiger charge is 2.19. The summed E-state index contributed by atoms with van der Waals surface area (Å²) >= 11 is 0.972. The van der Waals surface area contributed by atoms with E-state index in [1.54, 1.807) is 6.92 Å². The summed E-state index contributed by atoms with van der Waals surface area (Å²) in [6.07, 6.45) is 0. The smallest absolute Gasteiger partial charge is 0.237 e. The molecule has 22 heavy (non-hydrogen) atoms. The first-order valence-electron chi connectivity index (χ1n) is 6.18. The van der Waals surface area contributed by atoms with Crippen LogP contribution in [0.2, 0.25) is 0 Å².